The number of nitrogens with one attached hydrogen (secondary N) is 1. The Labute approximate surface area is 195 Å². The van der Waals surface area contributed by atoms with E-state index in [1.54, 1.807) is 24.3 Å². The Bertz CT molecular complexity index is 1130. The van der Waals surface area contributed by atoms with E-state index in [2.05, 4.69) is 5.32 Å². The molecule has 3 rings (SSSR count). The first-order chi connectivity index (χ1) is 15.9. The van der Waals surface area contributed by atoms with Gasteiger partial charge in [-0.3, -0.25) is 4.79 Å². The fourth-order valence-electron chi connectivity index (χ4n) is 3.45. The van der Waals surface area contributed by atoms with Gasteiger partial charge in [-0.2, -0.15) is 8.42 Å². The second kappa shape index (κ2) is 11.6. The third-order valence-corrected chi connectivity index (χ3v) is 6.51. The molecule has 0 heterocycles. The number of esters is 1. The van der Waals surface area contributed by atoms with E-state index >= 15 is 0 Å². The molecule has 0 spiro atoms. The standard InChI is InChI=1S/C26H29NO5S/c1-20-8-14-25(15-9-20)33(29,30)32-24-12-10-21(11-13-24)16-23(17-26(28)31-2)19-27-18-22-6-4-3-5-7-22/h3-15,23,27H,16-19H2,1-2H3. The lowest BCUT2D eigenvalue weighted by atomic mass is 9.96. The van der Waals surface area contributed by atoms with Crippen molar-refractivity contribution in [3.05, 3.63) is 95.6 Å². The summed E-state index contributed by atoms with van der Waals surface area (Å²) in [6, 6.07) is 23.5. The van der Waals surface area contributed by atoms with Crippen molar-refractivity contribution < 1.29 is 22.1 Å². The number of carbonyl (C=O) groups is 1. The Morgan fingerprint density at radius 3 is 2.21 bits per heavy atom. The molecule has 3 aromatic rings. The van der Waals surface area contributed by atoms with Crippen molar-refractivity contribution in [2.45, 2.75) is 31.2 Å². The molecule has 6 nitrogen and oxygen atoms in total. The summed E-state index contributed by atoms with van der Waals surface area (Å²) in [6.07, 6.45) is 0.931. The Balaban J connectivity index is 1.61. The predicted molar refractivity (Wildman–Crippen MR) is 127 cm³/mol. The normalized spacial score (nSPS) is 12.2. The molecule has 0 aromatic heterocycles. The molecular formula is C26H29NO5S. The number of hydrogen-bond donors (Lipinski definition) is 1. The number of hydrogen-bond acceptors (Lipinski definition) is 6. The van der Waals surface area contributed by atoms with E-state index in [1.165, 1.54) is 24.8 Å². The van der Waals surface area contributed by atoms with Gasteiger partial charge < -0.3 is 14.2 Å². The van der Waals surface area contributed by atoms with Crippen LogP contribution in [0.4, 0.5) is 0 Å². The Hall–Kier alpha value is -3.16. The highest BCUT2D eigenvalue weighted by Crippen LogP contribution is 2.21. The van der Waals surface area contributed by atoms with Gasteiger partial charge in [-0.05, 0) is 61.2 Å². The van der Waals surface area contributed by atoms with E-state index in [1.807, 2.05) is 49.4 Å². The van der Waals surface area contributed by atoms with Crippen LogP contribution in [0.3, 0.4) is 0 Å². The van der Waals surface area contributed by atoms with Crippen LogP contribution in [0.25, 0.3) is 0 Å². The van der Waals surface area contributed by atoms with Gasteiger partial charge >= 0.3 is 16.1 Å². The minimum Gasteiger partial charge on any atom is -0.469 e. The average Bonchev–Trinajstić information content (AvgIpc) is 2.81. The molecular weight excluding hydrogens is 438 g/mol. The van der Waals surface area contributed by atoms with Gasteiger partial charge in [-0.25, -0.2) is 0 Å². The van der Waals surface area contributed by atoms with E-state index in [-0.39, 0.29) is 22.5 Å². The molecule has 0 aliphatic carbocycles. The SMILES string of the molecule is COC(=O)CC(CNCc1ccccc1)Cc1ccc(OS(=O)(=O)c2ccc(C)cc2)cc1. The Morgan fingerprint density at radius 2 is 1.58 bits per heavy atom. The number of methoxy groups -OCH3 is 1. The molecule has 0 saturated heterocycles. The van der Waals surface area contributed by atoms with Crippen molar-refractivity contribution in [3.8, 4) is 5.75 Å². The molecule has 0 aliphatic rings. The molecule has 7 heteroatoms. The van der Waals surface area contributed by atoms with Gasteiger partial charge in [-0.1, -0.05) is 60.2 Å². The smallest absolute Gasteiger partial charge is 0.339 e. The molecule has 3 aromatic carbocycles. The minimum atomic E-state index is -3.89. The summed E-state index contributed by atoms with van der Waals surface area (Å²) >= 11 is 0. The summed E-state index contributed by atoms with van der Waals surface area (Å²) in [5, 5.41) is 3.40. The lowest BCUT2D eigenvalue weighted by molar-refractivity contribution is -0.141. The van der Waals surface area contributed by atoms with Crippen LogP contribution in [0.2, 0.25) is 0 Å². The van der Waals surface area contributed by atoms with Crippen LogP contribution in [-0.2, 0) is 32.6 Å². The highest BCUT2D eigenvalue weighted by Gasteiger charge is 2.18. The molecule has 33 heavy (non-hydrogen) atoms. The first kappa shape index (κ1) is 24.5. The maximum Gasteiger partial charge on any atom is 0.339 e. The molecule has 1 atom stereocenters. The number of ether oxygens (including phenoxy) is 1. The van der Waals surface area contributed by atoms with E-state index in [0.29, 0.717) is 25.9 Å². The van der Waals surface area contributed by atoms with Crippen LogP contribution in [0, 0.1) is 12.8 Å². The lowest BCUT2D eigenvalue weighted by Gasteiger charge is -2.17. The third kappa shape index (κ3) is 7.73. The topological polar surface area (TPSA) is 81.7 Å². The summed E-state index contributed by atoms with van der Waals surface area (Å²) in [4.78, 5) is 12.0. The van der Waals surface area contributed by atoms with Gasteiger partial charge in [0.2, 0.25) is 0 Å². The fourth-order valence-corrected chi connectivity index (χ4v) is 4.38. The van der Waals surface area contributed by atoms with Crippen LogP contribution < -0.4 is 9.50 Å². The first-order valence-electron chi connectivity index (χ1n) is 10.8. The van der Waals surface area contributed by atoms with E-state index < -0.39 is 10.1 Å². The maximum absolute atomic E-state index is 12.5. The predicted octanol–water partition coefficient (Wildman–Crippen LogP) is 4.27. The fraction of sp³-hybridized carbons (Fsp3) is 0.269. The summed E-state index contributed by atoms with van der Waals surface area (Å²) in [5.74, 6) is 0.0147. The molecule has 0 fully saturated rings. The first-order valence-corrected chi connectivity index (χ1v) is 12.2. The van der Waals surface area contributed by atoms with Crippen LogP contribution in [0.5, 0.6) is 5.75 Å². The van der Waals surface area contributed by atoms with Crippen molar-refractivity contribution >= 4 is 16.1 Å². The number of benzene rings is 3. The number of carbonyl (C=O) groups excluding carboxylic acids is 1. The molecule has 0 saturated carbocycles. The zero-order chi connectivity index (χ0) is 23.7. The molecule has 174 valence electrons. The quantitative estimate of drug-likeness (QED) is 0.335. The van der Waals surface area contributed by atoms with Crippen LogP contribution in [0.15, 0.2) is 83.8 Å². The second-order valence-electron chi connectivity index (χ2n) is 7.96. The second-order valence-corrected chi connectivity index (χ2v) is 9.51. The molecule has 0 aliphatic heterocycles. The summed E-state index contributed by atoms with van der Waals surface area (Å²) in [7, 11) is -2.51. The van der Waals surface area contributed by atoms with Crippen molar-refractivity contribution in [2.75, 3.05) is 13.7 Å². The van der Waals surface area contributed by atoms with E-state index in [9.17, 15) is 13.2 Å². The van der Waals surface area contributed by atoms with Crippen molar-refractivity contribution in [3.63, 3.8) is 0 Å². The monoisotopic (exact) mass is 467 g/mol. The average molecular weight is 468 g/mol. The van der Waals surface area contributed by atoms with Crippen LogP contribution in [-0.4, -0.2) is 28.0 Å². The van der Waals surface area contributed by atoms with Gasteiger partial charge in [0.25, 0.3) is 0 Å². The van der Waals surface area contributed by atoms with Crippen LogP contribution >= 0.6 is 0 Å². The molecule has 1 unspecified atom stereocenters. The molecule has 1 N–H and O–H groups in total. The van der Waals surface area contributed by atoms with Gasteiger partial charge in [0.1, 0.15) is 10.6 Å². The van der Waals surface area contributed by atoms with Gasteiger partial charge in [0.15, 0.2) is 0 Å². The van der Waals surface area contributed by atoms with Crippen molar-refractivity contribution in [1.29, 1.82) is 0 Å². The zero-order valence-corrected chi connectivity index (χ0v) is 19.7. The highest BCUT2D eigenvalue weighted by atomic mass is 32.2. The third-order valence-electron chi connectivity index (χ3n) is 5.25. The highest BCUT2D eigenvalue weighted by molar-refractivity contribution is 7.87. The Kier molecular flexibility index (Phi) is 8.63. The Morgan fingerprint density at radius 1 is 0.909 bits per heavy atom. The summed E-state index contributed by atoms with van der Waals surface area (Å²) in [6.45, 7) is 3.24. The number of rotatable bonds is 11. The minimum absolute atomic E-state index is 0.0317. The van der Waals surface area contributed by atoms with Gasteiger partial charge in [0.05, 0.1) is 7.11 Å². The van der Waals surface area contributed by atoms with Crippen molar-refractivity contribution in [1.82, 2.24) is 5.32 Å². The lowest BCUT2D eigenvalue weighted by Crippen LogP contribution is -2.26. The van der Waals surface area contributed by atoms with Gasteiger partial charge in [-0.15, -0.1) is 0 Å². The van der Waals surface area contributed by atoms with Crippen molar-refractivity contribution in [2.24, 2.45) is 5.92 Å². The zero-order valence-electron chi connectivity index (χ0n) is 18.9. The summed E-state index contributed by atoms with van der Waals surface area (Å²) < 4.78 is 35.1. The maximum atomic E-state index is 12.5. The van der Waals surface area contributed by atoms with E-state index in [4.69, 9.17) is 8.92 Å². The largest absolute Gasteiger partial charge is 0.469 e. The van der Waals surface area contributed by atoms with E-state index in [0.717, 1.165) is 11.1 Å². The molecule has 0 amide bonds. The van der Waals surface area contributed by atoms with Gasteiger partial charge in [0, 0.05) is 13.0 Å². The number of aryl methyl sites for hydroxylation is 1. The van der Waals surface area contributed by atoms with Crippen LogP contribution in [0.1, 0.15) is 23.1 Å². The summed E-state index contributed by atoms with van der Waals surface area (Å²) in [5.41, 5.74) is 3.12. The molecule has 0 bridgehead atoms. The molecule has 0 radical (unpaired) electrons.